The summed E-state index contributed by atoms with van der Waals surface area (Å²) in [5.74, 6) is -0.109. The number of anilines is 1. The lowest BCUT2D eigenvalue weighted by molar-refractivity contribution is -0.703. The Hall–Kier alpha value is -2.76. The molecule has 28 heavy (non-hydrogen) atoms. The van der Waals surface area contributed by atoms with Gasteiger partial charge in [-0.2, -0.15) is 0 Å². The number of hydrogen-bond acceptors (Lipinski definition) is 3. The van der Waals surface area contributed by atoms with Crippen molar-refractivity contribution in [2.75, 3.05) is 5.32 Å². The highest BCUT2D eigenvalue weighted by atomic mass is 32.1. The molecule has 5 heteroatoms. The van der Waals surface area contributed by atoms with Gasteiger partial charge in [0, 0.05) is 16.8 Å². The molecular formula is C23H25N2O2S+. The summed E-state index contributed by atoms with van der Waals surface area (Å²) >= 11 is 1.69. The van der Waals surface area contributed by atoms with Crippen LogP contribution >= 0.6 is 11.3 Å². The summed E-state index contributed by atoms with van der Waals surface area (Å²) in [5, 5.41) is 7.07. The van der Waals surface area contributed by atoms with Crippen LogP contribution in [-0.4, -0.2) is 17.7 Å². The number of rotatable bonds is 7. The van der Waals surface area contributed by atoms with Gasteiger partial charge in [0.05, 0.1) is 4.88 Å². The Kier molecular flexibility index (Phi) is 6.39. The fourth-order valence-electron chi connectivity index (χ4n) is 3.06. The zero-order valence-corrected chi connectivity index (χ0v) is 17.1. The van der Waals surface area contributed by atoms with E-state index in [0.717, 1.165) is 0 Å². The summed E-state index contributed by atoms with van der Waals surface area (Å²) < 4.78 is 0. The minimum Gasteiger partial charge on any atom is -0.326 e. The van der Waals surface area contributed by atoms with Gasteiger partial charge in [-0.15, -0.1) is 11.3 Å². The predicted molar refractivity (Wildman–Crippen MR) is 114 cm³/mol. The van der Waals surface area contributed by atoms with Crippen LogP contribution < -0.4 is 10.6 Å². The number of amides is 1. The number of nitrogens with two attached hydrogens (primary N) is 1. The number of quaternary nitrogens is 1. The van der Waals surface area contributed by atoms with Crippen molar-refractivity contribution in [2.45, 2.75) is 32.9 Å². The maximum atomic E-state index is 12.8. The summed E-state index contributed by atoms with van der Waals surface area (Å²) in [6.45, 7) is 5.49. The normalized spacial score (nSPS) is 13.0. The molecule has 3 N–H and O–H groups in total. The van der Waals surface area contributed by atoms with Crippen LogP contribution in [0.1, 0.15) is 46.3 Å². The molecule has 3 rings (SSSR count). The first-order chi connectivity index (χ1) is 13.4. The van der Waals surface area contributed by atoms with Crippen LogP contribution in [0.4, 0.5) is 5.69 Å². The Morgan fingerprint density at radius 1 is 1.04 bits per heavy atom. The van der Waals surface area contributed by atoms with Gasteiger partial charge in [0.25, 0.3) is 5.91 Å². The van der Waals surface area contributed by atoms with E-state index in [-0.39, 0.29) is 23.8 Å². The van der Waals surface area contributed by atoms with Crippen LogP contribution in [0.5, 0.6) is 0 Å². The average molecular weight is 394 g/mol. The highest BCUT2D eigenvalue weighted by Crippen LogP contribution is 2.23. The quantitative estimate of drug-likeness (QED) is 0.597. The van der Waals surface area contributed by atoms with Gasteiger partial charge in [0.1, 0.15) is 6.04 Å². The highest BCUT2D eigenvalue weighted by molar-refractivity contribution is 7.10. The van der Waals surface area contributed by atoms with Gasteiger partial charge in [0.2, 0.25) is 0 Å². The lowest BCUT2D eigenvalue weighted by atomic mass is 10.0. The first-order valence-electron chi connectivity index (χ1n) is 9.31. The molecule has 0 radical (unpaired) electrons. The minimum atomic E-state index is -0.297. The minimum absolute atomic E-state index is 0.0205. The molecule has 0 bridgehead atoms. The van der Waals surface area contributed by atoms with E-state index in [9.17, 15) is 9.59 Å². The highest BCUT2D eigenvalue weighted by Gasteiger charge is 2.25. The fourth-order valence-corrected chi connectivity index (χ4v) is 3.89. The number of thiophene rings is 1. The Bertz CT molecular complexity index is 949. The maximum Gasteiger partial charge on any atom is 0.282 e. The van der Waals surface area contributed by atoms with E-state index in [1.165, 1.54) is 22.9 Å². The van der Waals surface area contributed by atoms with Crippen LogP contribution in [0, 0.1) is 6.92 Å². The van der Waals surface area contributed by atoms with E-state index in [2.05, 4.69) is 53.3 Å². The van der Waals surface area contributed by atoms with E-state index in [0.29, 0.717) is 11.3 Å². The van der Waals surface area contributed by atoms with Crippen molar-refractivity contribution >= 4 is 28.7 Å². The maximum absolute atomic E-state index is 12.8. The summed E-state index contributed by atoms with van der Waals surface area (Å²) in [6.07, 6.45) is 0. The SMILES string of the molecule is CC(=O)c1cccc(NC(=O)[C@@H](C)[NH2+][C@H](c2ccc(C)cc2)c2cccs2)c1. The molecule has 0 saturated heterocycles. The van der Waals surface area contributed by atoms with E-state index in [1.807, 2.05) is 13.0 Å². The van der Waals surface area contributed by atoms with Crippen molar-refractivity contribution < 1.29 is 14.9 Å². The molecular weight excluding hydrogens is 368 g/mol. The number of nitrogens with one attached hydrogen (secondary N) is 1. The smallest absolute Gasteiger partial charge is 0.282 e. The van der Waals surface area contributed by atoms with Crippen molar-refractivity contribution in [3.05, 3.63) is 87.6 Å². The van der Waals surface area contributed by atoms with Crippen molar-refractivity contribution in [3.8, 4) is 0 Å². The van der Waals surface area contributed by atoms with Crippen LogP contribution in [0.3, 0.4) is 0 Å². The van der Waals surface area contributed by atoms with E-state index in [1.54, 1.807) is 35.6 Å². The van der Waals surface area contributed by atoms with Crippen LogP contribution in [-0.2, 0) is 4.79 Å². The van der Waals surface area contributed by atoms with Crippen molar-refractivity contribution in [3.63, 3.8) is 0 Å². The molecule has 2 aromatic carbocycles. The van der Waals surface area contributed by atoms with E-state index < -0.39 is 0 Å². The summed E-state index contributed by atoms with van der Waals surface area (Å²) in [4.78, 5) is 25.5. The predicted octanol–water partition coefficient (Wildman–Crippen LogP) is 3.94. The number of ketones is 1. The molecule has 4 nitrogen and oxygen atoms in total. The molecule has 1 aromatic heterocycles. The molecule has 2 atom stereocenters. The zero-order valence-electron chi connectivity index (χ0n) is 16.3. The second-order valence-corrected chi connectivity index (χ2v) is 7.99. The Balaban J connectivity index is 1.75. The molecule has 0 spiro atoms. The molecule has 1 heterocycles. The van der Waals surface area contributed by atoms with Crippen LogP contribution in [0.2, 0.25) is 0 Å². The molecule has 0 aliphatic rings. The molecule has 0 saturated carbocycles. The van der Waals surface area contributed by atoms with Gasteiger partial charge < -0.3 is 10.6 Å². The Morgan fingerprint density at radius 3 is 2.43 bits per heavy atom. The molecule has 0 fully saturated rings. The average Bonchev–Trinajstić information content (AvgIpc) is 3.21. The van der Waals surface area contributed by atoms with Gasteiger partial charge >= 0.3 is 0 Å². The van der Waals surface area contributed by atoms with Crippen molar-refractivity contribution in [2.24, 2.45) is 0 Å². The number of benzene rings is 2. The lowest BCUT2D eigenvalue weighted by Crippen LogP contribution is -2.92. The van der Waals surface area contributed by atoms with Gasteiger partial charge in [-0.3, -0.25) is 9.59 Å². The van der Waals surface area contributed by atoms with Gasteiger partial charge in [-0.05, 0) is 44.4 Å². The van der Waals surface area contributed by atoms with Crippen molar-refractivity contribution in [1.82, 2.24) is 0 Å². The third kappa shape index (κ3) is 4.94. The van der Waals surface area contributed by atoms with E-state index >= 15 is 0 Å². The second kappa shape index (κ2) is 8.95. The second-order valence-electron chi connectivity index (χ2n) is 7.01. The number of hydrogen-bond donors (Lipinski definition) is 2. The molecule has 0 aliphatic carbocycles. The Morgan fingerprint density at radius 2 is 1.79 bits per heavy atom. The first-order valence-corrected chi connectivity index (χ1v) is 10.2. The molecule has 1 amide bonds. The molecule has 0 aliphatic heterocycles. The zero-order chi connectivity index (χ0) is 20.1. The third-order valence-electron chi connectivity index (χ3n) is 4.72. The van der Waals surface area contributed by atoms with E-state index in [4.69, 9.17) is 0 Å². The topological polar surface area (TPSA) is 62.8 Å². The lowest BCUT2D eigenvalue weighted by Gasteiger charge is -2.19. The van der Waals surface area contributed by atoms with Crippen LogP contribution in [0.25, 0.3) is 0 Å². The number of Topliss-reactive ketones (excluding diaryl/α,β-unsaturated/α-hetero) is 1. The Labute approximate surface area is 169 Å². The standard InChI is InChI=1S/C23H24N2O2S/c1-15-9-11-18(12-10-15)22(21-8-5-13-28-21)24-16(2)23(27)25-20-7-4-6-19(14-20)17(3)26/h4-14,16,22,24H,1-3H3,(H,25,27)/p+1/t16-,22-/m1/s1. The van der Waals surface area contributed by atoms with Crippen LogP contribution in [0.15, 0.2) is 66.0 Å². The largest absolute Gasteiger partial charge is 0.326 e. The first kappa shape index (κ1) is 20.0. The van der Waals surface area contributed by atoms with Gasteiger partial charge in [-0.1, -0.05) is 48.0 Å². The molecule has 0 unspecified atom stereocenters. The summed E-state index contributed by atoms with van der Waals surface area (Å²) in [5.41, 5.74) is 3.61. The molecule has 144 valence electrons. The number of carbonyl (C=O) groups excluding carboxylic acids is 2. The fraction of sp³-hybridized carbons (Fsp3) is 0.217. The van der Waals surface area contributed by atoms with Gasteiger partial charge in [-0.25, -0.2) is 0 Å². The van der Waals surface area contributed by atoms with Gasteiger partial charge in [0.15, 0.2) is 11.8 Å². The number of aryl methyl sites for hydroxylation is 1. The van der Waals surface area contributed by atoms with Crippen molar-refractivity contribution in [1.29, 1.82) is 0 Å². The third-order valence-corrected chi connectivity index (χ3v) is 5.67. The summed E-state index contributed by atoms with van der Waals surface area (Å²) in [6, 6.07) is 19.4. The molecule has 3 aromatic rings. The monoisotopic (exact) mass is 393 g/mol. The number of carbonyl (C=O) groups is 2. The summed E-state index contributed by atoms with van der Waals surface area (Å²) in [7, 11) is 0.